The molecule has 0 saturated heterocycles. The van der Waals surface area contributed by atoms with Gasteiger partial charge in [-0.05, 0) is 35.9 Å². The molecule has 1 aromatic carbocycles. The zero-order valence-electron chi connectivity index (χ0n) is 9.05. The Labute approximate surface area is 94.3 Å². The van der Waals surface area contributed by atoms with Crippen LogP contribution in [0.25, 0.3) is 11.3 Å². The van der Waals surface area contributed by atoms with E-state index in [1.807, 2.05) is 36.4 Å². The van der Waals surface area contributed by atoms with Crippen molar-refractivity contribution < 1.29 is 9.84 Å². The van der Waals surface area contributed by atoms with E-state index in [-0.39, 0.29) is 6.61 Å². The van der Waals surface area contributed by atoms with Crippen molar-refractivity contribution in [3.05, 3.63) is 48.2 Å². The van der Waals surface area contributed by atoms with Gasteiger partial charge in [-0.25, -0.2) is 0 Å². The lowest BCUT2D eigenvalue weighted by atomic mass is 10.1. The Bertz CT molecular complexity index is 403. The van der Waals surface area contributed by atoms with E-state index >= 15 is 0 Å². The highest BCUT2D eigenvalue weighted by atomic mass is 16.5. The van der Waals surface area contributed by atoms with E-state index in [1.165, 1.54) is 0 Å². The summed E-state index contributed by atoms with van der Waals surface area (Å²) in [6.07, 6.45) is 1.68. The summed E-state index contributed by atoms with van der Waals surface area (Å²) >= 11 is 0. The second-order valence-electron chi connectivity index (χ2n) is 3.44. The Morgan fingerprint density at radius 2 is 1.88 bits per heavy atom. The van der Waals surface area contributed by atoms with E-state index in [0.29, 0.717) is 0 Å². The van der Waals surface area contributed by atoms with Crippen LogP contribution in [0.3, 0.4) is 0 Å². The standard InChI is InChI=1S/C13H13NO2/c1-16-12-5-3-11(4-6-12)13-7-2-10(9-15)8-14-13/h2-8,15H,9H2,1H3. The van der Waals surface area contributed by atoms with Crippen LogP contribution in [0.2, 0.25) is 0 Å². The van der Waals surface area contributed by atoms with Gasteiger partial charge in [-0.2, -0.15) is 0 Å². The molecule has 0 unspecified atom stereocenters. The van der Waals surface area contributed by atoms with E-state index in [9.17, 15) is 0 Å². The van der Waals surface area contributed by atoms with Crippen molar-refractivity contribution in [3.63, 3.8) is 0 Å². The van der Waals surface area contributed by atoms with E-state index in [1.54, 1.807) is 13.3 Å². The molecule has 16 heavy (non-hydrogen) atoms. The smallest absolute Gasteiger partial charge is 0.118 e. The average molecular weight is 215 g/mol. The molecule has 0 aliphatic heterocycles. The predicted octanol–water partition coefficient (Wildman–Crippen LogP) is 2.25. The maximum absolute atomic E-state index is 8.91. The third kappa shape index (κ3) is 2.20. The van der Waals surface area contributed by atoms with Gasteiger partial charge in [0.05, 0.1) is 19.4 Å². The van der Waals surface area contributed by atoms with Crippen molar-refractivity contribution in [1.29, 1.82) is 0 Å². The van der Waals surface area contributed by atoms with E-state index in [2.05, 4.69) is 4.98 Å². The minimum Gasteiger partial charge on any atom is -0.497 e. The van der Waals surface area contributed by atoms with Crippen molar-refractivity contribution in [3.8, 4) is 17.0 Å². The van der Waals surface area contributed by atoms with Crippen LogP contribution in [0.4, 0.5) is 0 Å². The molecule has 0 amide bonds. The van der Waals surface area contributed by atoms with Gasteiger partial charge in [-0.3, -0.25) is 4.98 Å². The number of hydrogen-bond donors (Lipinski definition) is 1. The van der Waals surface area contributed by atoms with Crippen LogP contribution in [0.1, 0.15) is 5.56 Å². The number of aliphatic hydroxyl groups excluding tert-OH is 1. The molecule has 82 valence electrons. The van der Waals surface area contributed by atoms with Crippen LogP contribution in [0.5, 0.6) is 5.75 Å². The van der Waals surface area contributed by atoms with E-state index < -0.39 is 0 Å². The number of aromatic nitrogens is 1. The van der Waals surface area contributed by atoms with Crippen molar-refractivity contribution >= 4 is 0 Å². The molecule has 1 aromatic heterocycles. The van der Waals surface area contributed by atoms with Crippen LogP contribution in [-0.4, -0.2) is 17.2 Å². The summed E-state index contributed by atoms with van der Waals surface area (Å²) in [5.41, 5.74) is 2.74. The van der Waals surface area contributed by atoms with Gasteiger partial charge in [-0.1, -0.05) is 6.07 Å². The summed E-state index contributed by atoms with van der Waals surface area (Å²) in [6, 6.07) is 11.5. The molecule has 1 N–H and O–H groups in total. The summed E-state index contributed by atoms with van der Waals surface area (Å²) < 4.78 is 5.09. The minimum absolute atomic E-state index is 0.0237. The fourth-order valence-corrected chi connectivity index (χ4v) is 1.45. The molecule has 2 aromatic rings. The molecule has 0 fully saturated rings. The molecule has 3 heteroatoms. The van der Waals surface area contributed by atoms with Crippen molar-refractivity contribution in [2.45, 2.75) is 6.61 Å². The Hall–Kier alpha value is -1.87. The van der Waals surface area contributed by atoms with Gasteiger partial charge in [0.15, 0.2) is 0 Å². The number of aliphatic hydroxyl groups is 1. The van der Waals surface area contributed by atoms with Crippen molar-refractivity contribution in [2.75, 3.05) is 7.11 Å². The first-order valence-electron chi connectivity index (χ1n) is 5.03. The van der Waals surface area contributed by atoms with Gasteiger partial charge in [-0.15, -0.1) is 0 Å². The summed E-state index contributed by atoms with van der Waals surface area (Å²) in [7, 11) is 1.64. The van der Waals surface area contributed by atoms with Crippen LogP contribution < -0.4 is 4.74 Å². The maximum Gasteiger partial charge on any atom is 0.118 e. The lowest BCUT2D eigenvalue weighted by molar-refractivity contribution is 0.281. The number of nitrogens with zero attached hydrogens (tertiary/aromatic N) is 1. The van der Waals surface area contributed by atoms with Gasteiger partial charge >= 0.3 is 0 Å². The first kappa shape index (κ1) is 10.6. The zero-order valence-corrected chi connectivity index (χ0v) is 9.05. The Balaban J connectivity index is 2.28. The summed E-state index contributed by atoms with van der Waals surface area (Å²) in [6.45, 7) is 0.0237. The van der Waals surface area contributed by atoms with E-state index in [0.717, 1.165) is 22.6 Å². The lowest BCUT2D eigenvalue weighted by Crippen LogP contribution is -1.88. The molecule has 2 rings (SSSR count). The fraction of sp³-hybridized carbons (Fsp3) is 0.154. The molecule has 0 aliphatic rings. The summed E-state index contributed by atoms with van der Waals surface area (Å²) in [5.74, 6) is 0.829. The first-order valence-corrected chi connectivity index (χ1v) is 5.03. The molecule has 0 spiro atoms. The van der Waals surface area contributed by atoms with Crippen LogP contribution in [0.15, 0.2) is 42.6 Å². The fourth-order valence-electron chi connectivity index (χ4n) is 1.45. The van der Waals surface area contributed by atoms with Crippen LogP contribution >= 0.6 is 0 Å². The molecular weight excluding hydrogens is 202 g/mol. The van der Waals surface area contributed by atoms with Gasteiger partial charge in [0.1, 0.15) is 5.75 Å². The second-order valence-corrected chi connectivity index (χ2v) is 3.44. The van der Waals surface area contributed by atoms with Crippen LogP contribution in [0, 0.1) is 0 Å². The number of pyridine rings is 1. The summed E-state index contributed by atoms with van der Waals surface area (Å²) in [4.78, 5) is 4.27. The quantitative estimate of drug-likeness (QED) is 0.853. The Morgan fingerprint density at radius 3 is 2.38 bits per heavy atom. The third-order valence-corrected chi connectivity index (χ3v) is 2.39. The molecule has 3 nitrogen and oxygen atoms in total. The largest absolute Gasteiger partial charge is 0.497 e. The highest BCUT2D eigenvalue weighted by Crippen LogP contribution is 2.20. The molecule has 0 saturated carbocycles. The highest BCUT2D eigenvalue weighted by molar-refractivity contribution is 5.60. The zero-order chi connectivity index (χ0) is 11.4. The van der Waals surface area contributed by atoms with Gasteiger partial charge in [0, 0.05) is 11.8 Å². The predicted molar refractivity (Wildman–Crippen MR) is 62.1 cm³/mol. The van der Waals surface area contributed by atoms with Gasteiger partial charge in [0.25, 0.3) is 0 Å². The highest BCUT2D eigenvalue weighted by Gasteiger charge is 1.99. The van der Waals surface area contributed by atoms with Crippen molar-refractivity contribution in [2.24, 2.45) is 0 Å². The molecule has 0 bridgehead atoms. The third-order valence-electron chi connectivity index (χ3n) is 2.39. The number of benzene rings is 1. The van der Waals surface area contributed by atoms with E-state index in [4.69, 9.17) is 9.84 Å². The van der Waals surface area contributed by atoms with Crippen molar-refractivity contribution in [1.82, 2.24) is 4.98 Å². The normalized spacial score (nSPS) is 10.1. The molecule has 0 radical (unpaired) electrons. The Morgan fingerprint density at radius 1 is 1.12 bits per heavy atom. The second kappa shape index (κ2) is 4.77. The van der Waals surface area contributed by atoms with Crippen LogP contribution in [-0.2, 0) is 6.61 Å². The topological polar surface area (TPSA) is 42.4 Å². The summed E-state index contributed by atoms with van der Waals surface area (Å²) in [5, 5.41) is 8.91. The van der Waals surface area contributed by atoms with Gasteiger partial charge < -0.3 is 9.84 Å². The molecular formula is C13H13NO2. The molecule has 0 aliphatic carbocycles. The van der Waals surface area contributed by atoms with Gasteiger partial charge in [0.2, 0.25) is 0 Å². The minimum atomic E-state index is 0.0237. The molecule has 0 atom stereocenters. The molecule has 1 heterocycles. The monoisotopic (exact) mass is 215 g/mol. The SMILES string of the molecule is COc1ccc(-c2ccc(CO)cn2)cc1. The first-order chi connectivity index (χ1) is 7.83. The Kier molecular flexibility index (Phi) is 3.17. The lowest BCUT2D eigenvalue weighted by Gasteiger charge is -2.03. The maximum atomic E-state index is 8.91. The number of rotatable bonds is 3. The number of ether oxygens (including phenoxy) is 1. The average Bonchev–Trinajstić information content (AvgIpc) is 2.39. The number of hydrogen-bond acceptors (Lipinski definition) is 3. The number of methoxy groups -OCH3 is 1.